The number of hydrazine groups is 1. The number of carbonyl (C=O) groups is 2. The molecule has 0 aliphatic heterocycles. The molecule has 1 atom stereocenters. The monoisotopic (exact) mass is 331 g/mol. The number of rotatable bonds is 4. The van der Waals surface area contributed by atoms with Gasteiger partial charge in [-0.1, -0.05) is 12.1 Å². The van der Waals surface area contributed by atoms with Crippen molar-refractivity contribution in [3.8, 4) is 5.75 Å². The number of benzene rings is 2. The Balaban J connectivity index is 1.79. The van der Waals surface area contributed by atoms with Gasteiger partial charge >= 0.3 is 6.03 Å². The van der Waals surface area contributed by atoms with Crippen LogP contribution in [0.4, 0.5) is 14.9 Å². The third kappa shape index (κ3) is 5.28. The number of anilines is 1. The van der Waals surface area contributed by atoms with E-state index in [-0.39, 0.29) is 0 Å². The average Bonchev–Trinajstić information content (AvgIpc) is 2.54. The van der Waals surface area contributed by atoms with Gasteiger partial charge in [-0.25, -0.2) is 14.6 Å². The van der Waals surface area contributed by atoms with Gasteiger partial charge in [-0.2, -0.15) is 0 Å². The molecular weight excluding hydrogens is 313 g/mol. The van der Waals surface area contributed by atoms with Crippen molar-refractivity contribution < 1.29 is 18.7 Å². The summed E-state index contributed by atoms with van der Waals surface area (Å²) < 4.78 is 18.3. The van der Waals surface area contributed by atoms with Crippen LogP contribution in [0.2, 0.25) is 0 Å². The van der Waals surface area contributed by atoms with E-state index < -0.39 is 23.9 Å². The summed E-state index contributed by atoms with van der Waals surface area (Å²) in [7, 11) is 0. The molecule has 0 saturated carbocycles. The van der Waals surface area contributed by atoms with E-state index in [1.54, 1.807) is 19.1 Å². The Morgan fingerprint density at radius 1 is 1.08 bits per heavy atom. The number of carbonyl (C=O) groups excluding carboxylic acids is 2. The second-order valence-corrected chi connectivity index (χ2v) is 5.15. The van der Waals surface area contributed by atoms with E-state index in [2.05, 4.69) is 16.2 Å². The molecule has 0 aliphatic rings. The topological polar surface area (TPSA) is 79.5 Å². The first-order valence-electron chi connectivity index (χ1n) is 7.30. The Morgan fingerprint density at radius 2 is 1.79 bits per heavy atom. The highest BCUT2D eigenvalue weighted by Crippen LogP contribution is 2.14. The van der Waals surface area contributed by atoms with Crippen LogP contribution < -0.4 is 20.9 Å². The molecule has 126 valence electrons. The Labute approximate surface area is 139 Å². The van der Waals surface area contributed by atoms with Gasteiger partial charge in [-0.05, 0) is 55.8 Å². The number of amides is 3. The lowest BCUT2D eigenvalue weighted by Crippen LogP contribution is -2.48. The zero-order chi connectivity index (χ0) is 17.5. The van der Waals surface area contributed by atoms with Crippen molar-refractivity contribution in [2.24, 2.45) is 0 Å². The van der Waals surface area contributed by atoms with Crippen molar-refractivity contribution in [2.45, 2.75) is 20.0 Å². The minimum atomic E-state index is -0.794. The van der Waals surface area contributed by atoms with Gasteiger partial charge in [0, 0.05) is 5.69 Å². The fourth-order valence-corrected chi connectivity index (χ4v) is 1.86. The second-order valence-electron chi connectivity index (χ2n) is 5.15. The molecule has 0 saturated heterocycles. The first-order chi connectivity index (χ1) is 11.4. The van der Waals surface area contributed by atoms with Gasteiger partial charge < -0.3 is 10.1 Å². The van der Waals surface area contributed by atoms with Gasteiger partial charge in [0.05, 0.1) is 0 Å². The predicted octanol–water partition coefficient (Wildman–Crippen LogP) is 2.75. The van der Waals surface area contributed by atoms with Crippen LogP contribution in [0.1, 0.15) is 12.5 Å². The minimum Gasteiger partial charge on any atom is -0.481 e. The molecule has 6 nitrogen and oxygen atoms in total. The number of aryl methyl sites for hydroxylation is 1. The molecule has 0 heterocycles. The molecule has 0 fully saturated rings. The van der Waals surface area contributed by atoms with Crippen LogP contribution in [0, 0.1) is 12.7 Å². The summed E-state index contributed by atoms with van der Waals surface area (Å²) in [6, 6.07) is 11.9. The second kappa shape index (κ2) is 7.96. The molecule has 3 N–H and O–H groups in total. The number of urea groups is 1. The third-order valence-corrected chi connectivity index (χ3v) is 3.07. The van der Waals surface area contributed by atoms with Gasteiger partial charge in [-0.3, -0.25) is 10.2 Å². The molecule has 0 aliphatic carbocycles. The van der Waals surface area contributed by atoms with Crippen molar-refractivity contribution in [2.75, 3.05) is 5.32 Å². The summed E-state index contributed by atoms with van der Waals surface area (Å²) in [5.41, 5.74) is 5.86. The molecule has 2 aromatic rings. The lowest BCUT2D eigenvalue weighted by molar-refractivity contribution is -0.127. The molecule has 0 spiro atoms. The molecule has 2 aromatic carbocycles. The maximum Gasteiger partial charge on any atom is 0.337 e. The lowest BCUT2D eigenvalue weighted by atomic mass is 10.2. The highest BCUT2D eigenvalue weighted by atomic mass is 19.1. The number of halogens is 1. The van der Waals surface area contributed by atoms with E-state index in [0.29, 0.717) is 11.4 Å². The summed E-state index contributed by atoms with van der Waals surface area (Å²) >= 11 is 0. The maximum atomic E-state index is 12.8. The van der Waals surface area contributed by atoms with Crippen LogP contribution in [0.5, 0.6) is 5.75 Å². The normalized spacial score (nSPS) is 11.3. The van der Waals surface area contributed by atoms with Gasteiger partial charge in [-0.15, -0.1) is 0 Å². The summed E-state index contributed by atoms with van der Waals surface area (Å²) in [6.45, 7) is 3.48. The van der Waals surface area contributed by atoms with Crippen LogP contribution in [0.25, 0.3) is 0 Å². The standard InChI is InChI=1S/C17H18FN3O3/c1-11-4-3-5-15(10-11)24-12(2)16(22)20-21-17(23)19-14-8-6-13(18)7-9-14/h3-10,12H,1-2H3,(H,20,22)(H2,19,21,23). The van der Waals surface area contributed by atoms with Gasteiger partial charge in [0.2, 0.25) is 0 Å². The molecule has 0 aromatic heterocycles. The van der Waals surface area contributed by atoms with Crippen molar-refractivity contribution >= 4 is 17.6 Å². The summed E-state index contributed by atoms with van der Waals surface area (Å²) in [5.74, 6) is -0.351. The summed E-state index contributed by atoms with van der Waals surface area (Å²) in [4.78, 5) is 23.6. The number of nitrogens with one attached hydrogen (secondary N) is 3. The van der Waals surface area contributed by atoms with E-state index in [1.165, 1.54) is 24.3 Å². The van der Waals surface area contributed by atoms with Gasteiger partial charge in [0.15, 0.2) is 6.10 Å². The molecule has 1 unspecified atom stereocenters. The van der Waals surface area contributed by atoms with Crippen molar-refractivity contribution in [3.05, 3.63) is 59.9 Å². The maximum absolute atomic E-state index is 12.8. The molecule has 2 rings (SSSR count). The largest absolute Gasteiger partial charge is 0.481 e. The SMILES string of the molecule is Cc1cccc(OC(C)C(=O)NNC(=O)Nc2ccc(F)cc2)c1. The van der Waals surface area contributed by atoms with E-state index in [9.17, 15) is 14.0 Å². The molecule has 3 amide bonds. The van der Waals surface area contributed by atoms with Crippen LogP contribution in [-0.4, -0.2) is 18.0 Å². The number of hydrogen-bond donors (Lipinski definition) is 3. The zero-order valence-electron chi connectivity index (χ0n) is 13.3. The molecular formula is C17H18FN3O3. The zero-order valence-corrected chi connectivity index (χ0v) is 13.3. The highest BCUT2D eigenvalue weighted by Gasteiger charge is 2.15. The average molecular weight is 331 g/mol. The summed E-state index contributed by atoms with van der Waals surface area (Å²) in [6.07, 6.45) is -0.794. The van der Waals surface area contributed by atoms with Crippen LogP contribution >= 0.6 is 0 Å². The van der Waals surface area contributed by atoms with Gasteiger partial charge in [0.25, 0.3) is 5.91 Å². The van der Waals surface area contributed by atoms with E-state index >= 15 is 0 Å². The number of hydrogen-bond acceptors (Lipinski definition) is 3. The van der Waals surface area contributed by atoms with Gasteiger partial charge in [0.1, 0.15) is 11.6 Å². The Hall–Kier alpha value is -3.09. The summed E-state index contributed by atoms with van der Waals surface area (Å²) in [5, 5.41) is 2.45. The van der Waals surface area contributed by atoms with Crippen LogP contribution in [0.3, 0.4) is 0 Å². The number of ether oxygens (including phenoxy) is 1. The van der Waals surface area contributed by atoms with Crippen molar-refractivity contribution in [1.82, 2.24) is 10.9 Å². The molecule has 0 radical (unpaired) electrons. The Bertz CT molecular complexity index is 719. The smallest absolute Gasteiger partial charge is 0.337 e. The van der Waals surface area contributed by atoms with Crippen molar-refractivity contribution in [1.29, 1.82) is 0 Å². The van der Waals surface area contributed by atoms with E-state index in [1.807, 2.05) is 19.1 Å². The first kappa shape index (κ1) is 17.3. The highest BCUT2D eigenvalue weighted by molar-refractivity contribution is 5.91. The third-order valence-electron chi connectivity index (χ3n) is 3.07. The fourth-order valence-electron chi connectivity index (χ4n) is 1.86. The van der Waals surface area contributed by atoms with E-state index in [0.717, 1.165) is 5.56 Å². The van der Waals surface area contributed by atoms with Crippen LogP contribution in [0.15, 0.2) is 48.5 Å². The molecule has 7 heteroatoms. The Morgan fingerprint density at radius 3 is 2.46 bits per heavy atom. The van der Waals surface area contributed by atoms with Crippen molar-refractivity contribution in [3.63, 3.8) is 0 Å². The van der Waals surface area contributed by atoms with Crippen LogP contribution in [-0.2, 0) is 4.79 Å². The Kier molecular flexibility index (Phi) is 5.73. The quantitative estimate of drug-likeness (QED) is 0.754. The van der Waals surface area contributed by atoms with E-state index in [4.69, 9.17) is 4.74 Å². The molecule has 24 heavy (non-hydrogen) atoms. The minimum absolute atomic E-state index is 0.396. The fraction of sp³-hybridized carbons (Fsp3) is 0.176. The predicted molar refractivity (Wildman–Crippen MR) is 88.0 cm³/mol. The first-order valence-corrected chi connectivity index (χ1v) is 7.30. The molecule has 0 bridgehead atoms. The lowest BCUT2D eigenvalue weighted by Gasteiger charge is -2.15.